The molecule has 2 heterocycles. The van der Waals surface area contributed by atoms with Gasteiger partial charge in [-0.15, -0.1) is 9.97 Å². The van der Waals surface area contributed by atoms with Gasteiger partial charge in [0.1, 0.15) is 0 Å². The van der Waals surface area contributed by atoms with Gasteiger partial charge in [-0.05, 0) is 0 Å². The average Bonchev–Trinajstić information content (AvgIpc) is 2.38. The Bertz CT molecular complexity index is 418. The first-order chi connectivity index (χ1) is 8.50. The topological polar surface area (TPSA) is 60.4 Å². The fraction of sp³-hybridized carbons (Fsp3) is 0.727. The molecule has 1 aromatic heterocycles. The maximum Gasteiger partial charge on any atom is 0.336 e. The van der Waals surface area contributed by atoms with Gasteiger partial charge in [0.25, 0.3) is 0 Å². The number of rotatable bonds is 3. The zero-order chi connectivity index (χ0) is 13.2. The maximum atomic E-state index is 5.33. The van der Waals surface area contributed by atoms with Crippen molar-refractivity contribution in [2.45, 2.75) is 0 Å². The van der Waals surface area contributed by atoms with Gasteiger partial charge in [-0.25, -0.2) is 0 Å². The summed E-state index contributed by atoms with van der Waals surface area (Å²) in [6.45, 7) is 2.99. The van der Waals surface area contributed by atoms with Crippen LogP contribution in [0.1, 0.15) is 0 Å². The van der Waals surface area contributed by atoms with E-state index in [0.29, 0.717) is 35.6 Å². The lowest BCUT2D eigenvalue weighted by atomic mass is 10.4. The second kappa shape index (κ2) is 6.31. The van der Waals surface area contributed by atoms with Crippen LogP contribution in [0.25, 0.3) is 0 Å². The first-order valence-corrected chi connectivity index (χ1v) is 5.95. The van der Waals surface area contributed by atoms with E-state index in [4.69, 9.17) is 9.47 Å². The largest absolute Gasteiger partial charge is 1.00 e. The molecule has 1 aliphatic heterocycles. The highest BCUT2D eigenvalue weighted by Crippen LogP contribution is 2.19. The van der Waals surface area contributed by atoms with Crippen LogP contribution in [0.3, 0.4) is 0 Å². The quantitative estimate of drug-likeness (QED) is 0.550. The lowest BCUT2D eigenvalue weighted by Gasteiger charge is -2.28. The highest BCUT2D eigenvalue weighted by Gasteiger charge is 2.23. The molecule has 1 aromatic rings. The van der Waals surface area contributed by atoms with Crippen LogP contribution in [0.4, 0.5) is 11.9 Å². The van der Waals surface area contributed by atoms with Gasteiger partial charge in [-0.1, -0.05) is 0 Å². The summed E-state index contributed by atoms with van der Waals surface area (Å²) in [7, 11) is 7.60. The SMILES string of the molecule is COc1nc(N2CCOCC2)nc([N+](C)(C)C)n1.[Cl-]. The summed E-state index contributed by atoms with van der Waals surface area (Å²) in [5.41, 5.74) is 0. The zero-order valence-electron chi connectivity index (χ0n) is 11.8. The number of methoxy groups -OCH3 is 1. The van der Waals surface area contributed by atoms with Crippen molar-refractivity contribution in [3.63, 3.8) is 0 Å². The van der Waals surface area contributed by atoms with E-state index in [-0.39, 0.29) is 12.4 Å². The fourth-order valence-electron chi connectivity index (χ4n) is 1.63. The van der Waals surface area contributed by atoms with Crippen molar-refractivity contribution < 1.29 is 21.9 Å². The van der Waals surface area contributed by atoms with E-state index in [1.165, 1.54) is 0 Å². The summed E-state index contributed by atoms with van der Waals surface area (Å²) in [6, 6.07) is 0.356. The van der Waals surface area contributed by atoms with Crippen LogP contribution in [-0.2, 0) is 4.74 Å². The molecule has 0 N–H and O–H groups in total. The van der Waals surface area contributed by atoms with Crippen molar-refractivity contribution in [1.29, 1.82) is 0 Å². The molecule has 0 aromatic carbocycles. The van der Waals surface area contributed by atoms with E-state index < -0.39 is 0 Å². The number of quaternary nitrogens is 1. The van der Waals surface area contributed by atoms with E-state index in [1.807, 2.05) is 21.1 Å². The highest BCUT2D eigenvalue weighted by atomic mass is 35.5. The molecular formula is C11H20ClN5O2. The normalized spacial score (nSPS) is 15.9. The Balaban J connectivity index is 0.00000180. The molecule has 0 spiro atoms. The minimum Gasteiger partial charge on any atom is -1.00 e. The van der Waals surface area contributed by atoms with E-state index in [1.54, 1.807) is 7.11 Å². The molecule has 0 atom stereocenters. The predicted octanol–water partition coefficient (Wildman–Crippen LogP) is -3.08. The Morgan fingerprint density at radius 3 is 2.26 bits per heavy atom. The molecule has 0 aliphatic carbocycles. The van der Waals surface area contributed by atoms with Crippen LogP contribution in [0, 0.1) is 0 Å². The molecule has 7 nitrogen and oxygen atoms in total. The van der Waals surface area contributed by atoms with Crippen molar-refractivity contribution >= 4 is 11.9 Å². The van der Waals surface area contributed by atoms with Crippen LogP contribution in [-0.4, -0.2) is 69.5 Å². The molecule has 1 saturated heterocycles. The van der Waals surface area contributed by atoms with E-state index in [9.17, 15) is 0 Å². The second-order valence-electron chi connectivity index (χ2n) is 5.03. The van der Waals surface area contributed by atoms with Crippen LogP contribution in [0.5, 0.6) is 6.01 Å². The smallest absolute Gasteiger partial charge is 0.336 e. The number of nitrogens with zero attached hydrogens (tertiary/aromatic N) is 5. The Morgan fingerprint density at radius 2 is 1.74 bits per heavy atom. The first-order valence-electron chi connectivity index (χ1n) is 5.95. The van der Waals surface area contributed by atoms with E-state index >= 15 is 0 Å². The molecule has 2 rings (SSSR count). The predicted molar refractivity (Wildman–Crippen MR) is 69.0 cm³/mol. The minimum atomic E-state index is 0. The lowest BCUT2D eigenvalue weighted by Crippen LogP contribution is -3.00. The van der Waals surface area contributed by atoms with Crippen LogP contribution >= 0.6 is 0 Å². The number of hydrogen-bond acceptors (Lipinski definition) is 6. The highest BCUT2D eigenvalue weighted by molar-refractivity contribution is 5.37. The average molecular weight is 290 g/mol. The summed E-state index contributed by atoms with van der Waals surface area (Å²) in [5.74, 6) is 1.34. The van der Waals surface area contributed by atoms with E-state index in [2.05, 4.69) is 19.9 Å². The van der Waals surface area contributed by atoms with Crippen molar-refractivity contribution in [2.24, 2.45) is 0 Å². The van der Waals surface area contributed by atoms with Crippen LogP contribution < -0.4 is 26.5 Å². The van der Waals surface area contributed by atoms with Crippen LogP contribution in [0.15, 0.2) is 0 Å². The van der Waals surface area contributed by atoms with Gasteiger partial charge < -0.3 is 26.8 Å². The van der Waals surface area contributed by atoms with Crippen molar-refractivity contribution in [3.05, 3.63) is 0 Å². The summed E-state index contributed by atoms with van der Waals surface area (Å²) in [4.78, 5) is 15.2. The molecule has 108 valence electrons. The Labute approximate surface area is 119 Å². The van der Waals surface area contributed by atoms with Gasteiger partial charge in [0.15, 0.2) is 0 Å². The molecule has 0 radical (unpaired) electrons. The van der Waals surface area contributed by atoms with Crippen molar-refractivity contribution in [1.82, 2.24) is 19.4 Å². The number of anilines is 1. The van der Waals surface area contributed by atoms with Crippen molar-refractivity contribution in [3.8, 4) is 6.01 Å². The minimum absolute atomic E-state index is 0. The third kappa shape index (κ3) is 3.89. The fourth-order valence-corrected chi connectivity index (χ4v) is 1.63. The van der Waals surface area contributed by atoms with Gasteiger partial charge in [0.2, 0.25) is 5.95 Å². The Morgan fingerprint density at radius 1 is 1.11 bits per heavy atom. The van der Waals surface area contributed by atoms with Gasteiger partial charge >= 0.3 is 12.0 Å². The molecule has 0 saturated carbocycles. The van der Waals surface area contributed by atoms with Gasteiger partial charge in [-0.2, -0.15) is 4.98 Å². The third-order valence-electron chi connectivity index (χ3n) is 2.67. The second-order valence-corrected chi connectivity index (χ2v) is 5.03. The molecule has 0 amide bonds. The molecule has 19 heavy (non-hydrogen) atoms. The lowest BCUT2D eigenvalue weighted by molar-refractivity contribution is -0.00000543. The number of halogens is 1. The maximum absolute atomic E-state index is 5.33. The summed E-state index contributed by atoms with van der Waals surface area (Å²) in [5, 5.41) is 0. The zero-order valence-corrected chi connectivity index (χ0v) is 12.5. The number of hydrogen-bond donors (Lipinski definition) is 0. The van der Waals surface area contributed by atoms with Gasteiger partial charge in [0, 0.05) is 13.1 Å². The monoisotopic (exact) mass is 289 g/mol. The molecule has 8 heteroatoms. The molecule has 0 unspecified atom stereocenters. The third-order valence-corrected chi connectivity index (χ3v) is 2.67. The number of morpholine rings is 1. The molecule has 0 bridgehead atoms. The van der Waals surface area contributed by atoms with Gasteiger partial charge in [0.05, 0.1) is 41.5 Å². The molecule has 1 aliphatic rings. The number of aromatic nitrogens is 3. The van der Waals surface area contributed by atoms with E-state index in [0.717, 1.165) is 13.1 Å². The molecule has 1 fully saturated rings. The summed E-state index contributed by atoms with van der Waals surface area (Å²) in [6.07, 6.45) is 0. The Kier molecular flexibility index (Phi) is 5.28. The summed E-state index contributed by atoms with van der Waals surface area (Å²) < 4.78 is 11.0. The van der Waals surface area contributed by atoms with Crippen molar-refractivity contribution in [2.75, 3.05) is 59.5 Å². The first kappa shape index (κ1) is 15.9. The standard InChI is InChI=1S/C11H20N5O2.ClH/c1-16(2,3)10-12-9(13-11(14-10)17-4)15-5-7-18-8-6-15;/h5-8H2,1-4H3;1H/q+1;/p-1. The molecular weight excluding hydrogens is 270 g/mol. The summed E-state index contributed by atoms with van der Waals surface area (Å²) >= 11 is 0. The van der Waals surface area contributed by atoms with Crippen LogP contribution in [0.2, 0.25) is 0 Å². The Hall–Kier alpha value is -1.18. The van der Waals surface area contributed by atoms with Gasteiger partial charge in [-0.3, -0.25) is 4.48 Å². The number of ether oxygens (including phenoxy) is 2.